The highest BCUT2D eigenvalue weighted by Crippen LogP contribution is 2.24. The van der Waals surface area contributed by atoms with Gasteiger partial charge in [0, 0.05) is 16.3 Å². The van der Waals surface area contributed by atoms with Crippen LogP contribution in [0.15, 0.2) is 40.6 Å². The van der Waals surface area contributed by atoms with Gasteiger partial charge in [0.2, 0.25) is 0 Å². The molecule has 0 saturated heterocycles. The Labute approximate surface area is 134 Å². The van der Waals surface area contributed by atoms with Crippen LogP contribution in [-0.4, -0.2) is 20.5 Å². The third-order valence-electron chi connectivity index (χ3n) is 2.63. The molecule has 5 nitrogen and oxygen atoms in total. The first-order valence-corrected chi connectivity index (χ1v) is 8.45. The van der Waals surface area contributed by atoms with Gasteiger partial charge >= 0.3 is 12.1 Å². The molecule has 0 fully saturated rings. The SMILES string of the molecule is Cc1ccc(S(=O)(=O)Nc2ccc(NC(=O)C(F)(F)F)cc2)s1. The van der Waals surface area contributed by atoms with Gasteiger partial charge in [0.1, 0.15) is 4.21 Å². The van der Waals surface area contributed by atoms with E-state index in [2.05, 4.69) is 4.72 Å². The number of amides is 1. The number of carbonyl (C=O) groups excluding carboxylic acids is 1. The van der Waals surface area contributed by atoms with E-state index in [1.807, 2.05) is 0 Å². The average Bonchev–Trinajstić information content (AvgIpc) is 2.87. The summed E-state index contributed by atoms with van der Waals surface area (Å²) in [6.07, 6.45) is -4.99. The maximum atomic E-state index is 12.1. The molecule has 0 saturated carbocycles. The topological polar surface area (TPSA) is 75.3 Å². The van der Waals surface area contributed by atoms with Gasteiger partial charge < -0.3 is 5.32 Å². The van der Waals surface area contributed by atoms with Crippen molar-refractivity contribution < 1.29 is 26.4 Å². The summed E-state index contributed by atoms with van der Waals surface area (Å²) in [5.41, 5.74) is 0.0725. The fourth-order valence-electron chi connectivity index (χ4n) is 1.59. The van der Waals surface area contributed by atoms with E-state index in [9.17, 15) is 26.4 Å². The smallest absolute Gasteiger partial charge is 0.318 e. The molecule has 2 aromatic rings. The fraction of sp³-hybridized carbons (Fsp3) is 0.154. The van der Waals surface area contributed by atoms with Crippen LogP contribution in [0.25, 0.3) is 0 Å². The number of aryl methyl sites for hydroxylation is 1. The lowest BCUT2D eigenvalue weighted by atomic mass is 10.3. The van der Waals surface area contributed by atoms with Crippen LogP contribution in [0.1, 0.15) is 4.88 Å². The average molecular weight is 364 g/mol. The van der Waals surface area contributed by atoms with Crippen molar-refractivity contribution in [2.45, 2.75) is 17.3 Å². The van der Waals surface area contributed by atoms with Gasteiger partial charge in [-0.3, -0.25) is 9.52 Å². The second-order valence-corrected chi connectivity index (χ2v) is 7.70. The lowest BCUT2D eigenvalue weighted by Gasteiger charge is -2.09. The number of hydrogen-bond donors (Lipinski definition) is 2. The first-order chi connectivity index (χ1) is 10.6. The molecule has 0 radical (unpaired) electrons. The van der Waals surface area contributed by atoms with Crippen molar-refractivity contribution >= 4 is 38.6 Å². The summed E-state index contributed by atoms with van der Waals surface area (Å²) in [6.45, 7) is 1.77. The molecule has 2 N–H and O–H groups in total. The molecule has 0 aliphatic rings. The standard InChI is InChI=1S/C13H11F3N2O3S2/c1-8-2-7-11(22-8)23(20,21)18-10-5-3-9(4-6-10)17-12(19)13(14,15)16/h2-7,18H,1H3,(H,17,19). The highest BCUT2D eigenvalue weighted by atomic mass is 32.2. The normalized spacial score (nSPS) is 12.0. The van der Waals surface area contributed by atoms with Crippen molar-refractivity contribution in [2.24, 2.45) is 0 Å². The summed E-state index contributed by atoms with van der Waals surface area (Å²) in [6, 6.07) is 7.96. The Morgan fingerprint density at radius 1 is 1.04 bits per heavy atom. The van der Waals surface area contributed by atoms with E-state index in [0.29, 0.717) is 0 Å². The quantitative estimate of drug-likeness (QED) is 0.874. The molecular weight excluding hydrogens is 353 g/mol. The van der Waals surface area contributed by atoms with Crippen molar-refractivity contribution in [3.05, 3.63) is 41.3 Å². The predicted molar refractivity (Wildman–Crippen MR) is 81.0 cm³/mol. The number of hydrogen-bond acceptors (Lipinski definition) is 4. The van der Waals surface area contributed by atoms with Crippen LogP contribution in [0.5, 0.6) is 0 Å². The van der Waals surface area contributed by atoms with Crippen LogP contribution in [-0.2, 0) is 14.8 Å². The number of anilines is 2. The second kappa shape index (κ2) is 6.20. The third-order valence-corrected chi connectivity index (χ3v) is 5.51. The first-order valence-electron chi connectivity index (χ1n) is 6.15. The minimum Gasteiger partial charge on any atom is -0.318 e. The highest BCUT2D eigenvalue weighted by Gasteiger charge is 2.38. The van der Waals surface area contributed by atoms with Crippen molar-refractivity contribution in [3.8, 4) is 0 Å². The van der Waals surface area contributed by atoms with Gasteiger partial charge in [0.25, 0.3) is 10.0 Å². The predicted octanol–water partition coefficient (Wildman–Crippen LogP) is 3.36. The molecule has 2 rings (SSSR count). The van der Waals surface area contributed by atoms with Gasteiger partial charge in [0.05, 0.1) is 0 Å². The van der Waals surface area contributed by atoms with Gasteiger partial charge in [-0.25, -0.2) is 8.42 Å². The van der Waals surface area contributed by atoms with Crippen LogP contribution in [0, 0.1) is 6.92 Å². The van der Waals surface area contributed by atoms with E-state index in [1.165, 1.54) is 30.3 Å². The zero-order valence-corrected chi connectivity index (χ0v) is 13.3. The summed E-state index contributed by atoms with van der Waals surface area (Å²) in [5.74, 6) is -2.10. The van der Waals surface area contributed by atoms with Crippen LogP contribution < -0.4 is 10.0 Å². The monoisotopic (exact) mass is 364 g/mol. The van der Waals surface area contributed by atoms with Crippen LogP contribution in [0.2, 0.25) is 0 Å². The largest absolute Gasteiger partial charge is 0.471 e. The first kappa shape index (κ1) is 17.3. The molecule has 10 heteroatoms. The van der Waals surface area contributed by atoms with E-state index in [-0.39, 0.29) is 15.6 Å². The Balaban J connectivity index is 2.10. The molecule has 1 aromatic heterocycles. The number of nitrogens with one attached hydrogen (secondary N) is 2. The molecule has 1 heterocycles. The Morgan fingerprint density at radius 3 is 2.09 bits per heavy atom. The number of carbonyl (C=O) groups is 1. The van der Waals surface area contributed by atoms with E-state index >= 15 is 0 Å². The number of halogens is 3. The minimum atomic E-state index is -4.99. The minimum absolute atomic E-state index is 0.0951. The fourth-order valence-corrected chi connectivity index (χ4v) is 3.93. The molecular formula is C13H11F3N2O3S2. The number of benzene rings is 1. The lowest BCUT2D eigenvalue weighted by molar-refractivity contribution is -0.167. The van der Waals surface area contributed by atoms with Gasteiger partial charge in [-0.1, -0.05) is 0 Å². The summed E-state index contributed by atoms with van der Waals surface area (Å²) in [7, 11) is -3.75. The second-order valence-electron chi connectivity index (χ2n) is 4.50. The zero-order valence-electron chi connectivity index (χ0n) is 11.6. The Hall–Kier alpha value is -2.07. The maximum Gasteiger partial charge on any atom is 0.471 e. The molecule has 0 spiro atoms. The molecule has 23 heavy (non-hydrogen) atoms. The Morgan fingerprint density at radius 2 is 1.61 bits per heavy atom. The van der Waals surface area contributed by atoms with Crippen LogP contribution >= 0.6 is 11.3 Å². The molecule has 1 aromatic carbocycles. The maximum absolute atomic E-state index is 12.1. The summed E-state index contributed by atoms with van der Waals surface area (Å²) >= 11 is 1.10. The summed E-state index contributed by atoms with van der Waals surface area (Å²) in [5, 5.41) is 1.67. The summed E-state index contributed by atoms with van der Waals surface area (Å²) < 4.78 is 63.0. The summed E-state index contributed by atoms with van der Waals surface area (Å²) in [4.78, 5) is 11.6. The van der Waals surface area contributed by atoms with Crippen molar-refractivity contribution in [2.75, 3.05) is 10.0 Å². The Bertz CT molecular complexity index is 812. The number of thiophene rings is 1. The molecule has 0 atom stereocenters. The van der Waals surface area contributed by atoms with Crippen molar-refractivity contribution in [1.82, 2.24) is 0 Å². The van der Waals surface area contributed by atoms with Gasteiger partial charge in [-0.15, -0.1) is 11.3 Å². The molecule has 1 amide bonds. The van der Waals surface area contributed by atoms with Crippen molar-refractivity contribution in [3.63, 3.8) is 0 Å². The molecule has 124 valence electrons. The lowest BCUT2D eigenvalue weighted by Crippen LogP contribution is -2.29. The van der Waals surface area contributed by atoms with Crippen LogP contribution in [0.3, 0.4) is 0 Å². The Kier molecular flexibility index (Phi) is 4.66. The van der Waals surface area contributed by atoms with E-state index in [1.54, 1.807) is 18.3 Å². The van der Waals surface area contributed by atoms with Crippen LogP contribution in [0.4, 0.5) is 24.5 Å². The number of rotatable bonds is 4. The number of sulfonamides is 1. The molecule has 0 aliphatic carbocycles. The van der Waals surface area contributed by atoms with Gasteiger partial charge in [-0.2, -0.15) is 13.2 Å². The van der Waals surface area contributed by atoms with Crippen molar-refractivity contribution in [1.29, 1.82) is 0 Å². The zero-order chi connectivity index (χ0) is 17.3. The molecule has 0 unspecified atom stereocenters. The van der Waals surface area contributed by atoms with E-state index in [0.717, 1.165) is 16.2 Å². The van der Waals surface area contributed by atoms with E-state index in [4.69, 9.17) is 0 Å². The number of alkyl halides is 3. The highest BCUT2D eigenvalue weighted by molar-refractivity contribution is 7.94. The molecule has 0 aliphatic heterocycles. The molecule has 0 bridgehead atoms. The third kappa shape index (κ3) is 4.45. The van der Waals surface area contributed by atoms with Gasteiger partial charge in [0.15, 0.2) is 0 Å². The van der Waals surface area contributed by atoms with Gasteiger partial charge in [-0.05, 0) is 43.3 Å². The van der Waals surface area contributed by atoms with E-state index < -0.39 is 22.1 Å².